The highest BCUT2D eigenvalue weighted by Crippen LogP contribution is 2.25. The van der Waals surface area contributed by atoms with Gasteiger partial charge in [0.05, 0.1) is 18.1 Å². The number of nitro benzene ring substituents is 1. The van der Waals surface area contributed by atoms with Crippen LogP contribution < -0.4 is 11.1 Å². The molecule has 0 aliphatic carbocycles. The standard InChI is InChI=1S/C22H34N6O5/c1-17(29)27-16-20(14-21(27)22(30)24-7-6-23)26(9-8-25-10-12-33-13-11-25)15-18-2-4-19(5-3-18)28(31)32/h2-5,20-21H,6-16,23H2,1H3,(H,24,30). The van der Waals surface area contributed by atoms with Gasteiger partial charge < -0.3 is 20.7 Å². The summed E-state index contributed by atoms with van der Waals surface area (Å²) in [7, 11) is 0. The van der Waals surface area contributed by atoms with Gasteiger partial charge in [0.15, 0.2) is 0 Å². The Bertz CT molecular complexity index is 814. The molecule has 2 amide bonds. The number of nitrogens with one attached hydrogen (secondary N) is 1. The average molecular weight is 463 g/mol. The molecule has 11 nitrogen and oxygen atoms in total. The molecule has 0 saturated carbocycles. The largest absolute Gasteiger partial charge is 0.379 e. The van der Waals surface area contributed by atoms with Gasteiger partial charge in [-0.3, -0.25) is 29.5 Å². The predicted molar refractivity (Wildman–Crippen MR) is 122 cm³/mol. The maximum absolute atomic E-state index is 12.7. The first-order valence-corrected chi connectivity index (χ1v) is 11.4. The lowest BCUT2D eigenvalue weighted by Gasteiger charge is -2.33. The molecule has 2 atom stereocenters. The highest BCUT2D eigenvalue weighted by molar-refractivity contribution is 5.87. The zero-order chi connectivity index (χ0) is 23.8. The maximum Gasteiger partial charge on any atom is 0.269 e. The van der Waals surface area contributed by atoms with Crippen molar-refractivity contribution in [3.63, 3.8) is 0 Å². The fourth-order valence-corrected chi connectivity index (χ4v) is 4.43. The zero-order valence-corrected chi connectivity index (χ0v) is 19.1. The van der Waals surface area contributed by atoms with Gasteiger partial charge in [-0.05, 0) is 12.0 Å². The molecule has 2 saturated heterocycles. The van der Waals surface area contributed by atoms with Crippen LogP contribution in [-0.4, -0.2) is 103 Å². The van der Waals surface area contributed by atoms with Gasteiger partial charge in [-0.15, -0.1) is 0 Å². The summed E-state index contributed by atoms with van der Waals surface area (Å²) < 4.78 is 5.44. The molecule has 1 aromatic rings. The molecule has 0 aromatic heterocycles. The van der Waals surface area contributed by atoms with Crippen LogP contribution in [0.25, 0.3) is 0 Å². The minimum absolute atomic E-state index is 0.00115. The van der Waals surface area contributed by atoms with Gasteiger partial charge in [0.1, 0.15) is 6.04 Å². The molecule has 2 unspecified atom stereocenters. The summed E-state index contributed by atoms with van der Waals surface area (Å²) in [5.74, 6) is -0.310. The van der Waals surface area contributed by atoms with Crippen LogP contribution in [-0.2, 0) is 20.9 Å². The van der Waals surface area contributed by atoms with Crippen LogP contribution in [0.3, 0.4) is 0 Å². The van der Waals surface area contributed by atoms with Crippen molar-refractivity contribution in [3.8, 4) is 0 Å². The number of amides is 2. The van der Waals surface area contributed by atoms with Gasteiger partial charge in [0.25, 0.3) is 5.69 Å². The number of benzene rings is 1. The molecule has 2 aliphatic rings. The summed E-state index contributed by atoms with van der Waals surface area (Å²) in [5.41, 5.74) is 6.52. The van der Waals surface area contributed by atoms with E-state index in [9.17, 15) is 19.7 Å². The monoisotopic (exact) mass is 462 g/mol. The molecular weight excluding hydrogens is 428 g/mol. The Morgan fingerprint density at radius 3 is 2.58 bits per heavy atom. The predicted octanol–water partition coefficient (Wildman–Crippen LogP) is -0.207. The van der Waals surface area contributed by atoms with E-state index in [2.05, 4.69) is 15.1 Å². The Morgan fingerprint density at radius 2 is 1.97 bits per heavy atom. The smallest absolute Gasteiger partial charge is 0.269 e. The van der Waals surface area contributed by atoms with Gasteiger partial charge in [0, 0.05) is 77.5 Å². The second kappa shape index (κ2) is 12.0. The lowest BCUT2D eigenvalue weighted by molar-refractivity contribution is -0.384. The Balaban J connectivity index is 1.74. The topological polar surface area (TPSA) is 134 Å². The number of likely N-dealkylation sites (tertiary alicyclic amines) is 1. The summed E-state index contributed by atoms with van der Waals surface area (Å²) in [6, 6.07) is 6.02. The summed E-state index contributed by atoms with van der Waals surface area (Å²) in [6.07, 6.45) is 0.534. The summed E-state index contributed by atoms with van der Waals surface area (Å²) >= 11 is 0. The van der Waals surface area contributed by atoms with Crippen molar-refractivity contribution in [1.29, 1.82) is 0 Å². The second-order valence-corrected chi connectivity index (χ2v) is 8.50. The van der Waals surface area contributed by atoms with Crippen molar-refractivity contribution in [3.05, 3.63) is 39.9 Å². The molecule has 2 fully saturated rings. The van der Waals surface area contributed by atoms with Crippen LogP contribution in [0.2, 0.25) is 0 Å². The van der Waals surface area contributed by atoms with Crippen molar-refractivity contribution < 1.29 is 19.2 Å². The molecule has 3 rings (SSSR count). The van der Waals surface area contributed by atoms with Crippen LogP contribution in [0.5, 0.6) is 0 Å². The number of nitrogens with two attached hydrogens (primary N) is 1. The lowest BCUT2D eigenvalue weighted by Crippen LogP contribution is -2.46. The van der Waals surface area contributed by atoms with Gasteiger partial charge >= 0.3 is 0 Å². The highest BCUT2D eigenvalue weighted by atomic mass is 16.6. The van der Waals surface area contributed by atoms with Crippen molar-refractivity contribution in [2.75, 3.05) is 59.0 Å². The molecule has 2 heterocycles. The number of nitro groups is 1. The Hall–Kier alpha value is -2.60. The van der Waals surface area contributed by atoms with E-state index < -0.39 is 11.0 Å². The highest BCUT2D eigenvalue weighted by Gasteiger charge is 2.40. The van der Waals surface area contributed by atoms with Crippen molar-refractivity contribution in [1.82, 2.24) is 20.0 Å². The summed E-state index contributed by atoms with van der Waals surface area (Å²) in [6.45, 7) is 8.02. The quantitative estimate of drug-likeness (QED) is 0.360. The van der Waals surface area contributed by atoms with Crippen LogP contribution in [0.1, 0.15) is 18.9 Å². The lowest BCUT2D eigenvalue weighted by atomic mass is 10.1. The first-order valence-electron chi connectivity index (χ1n) is 11.4. The molecule has 0 bridgehead atoms. The van der Waals surface area contributed by atoms with E-state index in [1.165, 1.54) is 19.1 Å². The number of non-ortho nitro benzene ring substituents is 1. The third-order valence-corrected chi connectivity index (χ3v) is 6.29. The molecule has 1 aromatic carbocycles. The Morgan fingerprint density at radius 1 is 1.27 bits per heavy atom. The van der Waals surface area contributed by atoms with E-state index in [0.717, 1.165) is 31.7 Å². The molecule has 11 heteroatoms. The number of carbonyl (C=O) groups excluding carboxylic acids is 2. The number of rotatable bonds is 10. The number of hydrogen-bond acceptors (Lipinski definition) is 8. The molecule has 0 radical (unpaired) electrons. The fourth-order valence-electron chi connectivity index (χ4n) is 4.43. The SMILES string of the molecule is CC(=O)N1CC(N(CCN2CCOCC2)Cc2ccc([N+](=O)[O-])cc2)CC1C(=O)NCCN. The first kappa shape index (κ1) is 25.0. The molecule has 182 valence electrons. The molecule has 0 spiro atoms. The van der Waals surface area contributed by atoms with Crippen LogP contribution in [0.15, 0.2) is 24.3 Å². The number of hydrogen-bond donors (Lipinski definition) is 2. The van der Waals surface area contributed by atoms with Crippen LogP contribution >= 0.6 is 0 Å². The Kier molecular flexibility index (Phi) is 9.12. The maximum atomic E-state index is 12.7. The zero-order valence-electron chi connectivity index (χ0n) is 19.1. The number of carbonyl (C=O) groups is 2. The second-order valence-electron chi connectivity index (χ2n) is 8.50. The minimum atomic E-state index is -0.526. The van der Waals surface area contributed by atoms with E-state index in [0.29, 0.717) is 45.8 Å². The third-order valence-electron chi connectivity index (χ3n) is 6.29. The van der Waals surface area contributed by atoms with Gasteiger partial charge in [0.2, 0.25) is 11.8 Å². The van der Waals surface area contributed by atoms with E-state index in [1.54, 1.807) is 17.0 Å². The van der Waals surface area contributed by atoms with Gasteiger partial charge in [-0.2, -0.15) is 0 Å². The van der Waals surface area contributed by atoms with E-state index in [-0.39, 0.29) is 23.5 Å². The third kappa shape index (κ3) is 6.94. The number of nitrogens with zero attached hydrogens (tertiary/aromatic N) is 4. The first-order chi connectivity index (χ1) is 15.9. The van der Waals surface area contributed by atoms with Crippen LogP contribution in [0.4, 0.5) is 5.69 Å². The average Bonchev–Trinajstić information content (AvgIpc) is 3.27. The van der Waals surface area contributed by atoms with Crippen molar-refractivity contribution in [2.24, 2.45) is 5.73 Å². The van der Waals surface area contributed by atoms with E-state index in [1.807, 2.05) is 0 Å². The van der Waals surface area contributed by atoms with Crippen LogP contribution in [0, 0.1) is 10.1 Å². The minimum Gasteiger partial charge on any atom is -0.379 e. The van der Waals surface area contributed by atoms with Gasteiger partial charge in [-0.25, -0.2) is 0 Å². The number of ether oxygens (including phenoxy) is 1. The normalized spacial score (nSPS) is 21.4. The molecule has 3 N–H and O–H groups in total. The molecule has 2 aliphatic heterocycles. The van der Waals surface area contributed by atoms with Crippen molar-refractivity contribution in [2.45, 2.75) is 32.0 Å². The van der Waals surface area contributed by atoms with E-state index in [4.69, 9.17) is 10.5 Å². The number of morpholine rings is 1. The van der Waals surface area contributed by atoms with Gasteiger partial charge in [-0.1, -0.05) is 12.1 Å². The van der Waals surface area contributed by atoms with E-state index >= 15 is 0 Å². The fraction of sp³-hybridized carbons (Fsp3) is 0.636. The Labute approximate surface area is 194 Å². The van der Waals surface area contributed by atoms with Crippen molar-refractivity contribution >= 4 is 17.5 Å². The summed E-state index contributed by atoms with van der Waals surface area (Å²) in [5, 5.41) is 13.8. The molecule has 33 heavy (non-hydrogen) atoms. The molecular formula is C22H34N6O5. The summed E-state index contributed by atoms with van der Waals surface area (Å²) in [4.78, 5) is 41.8.